The number of carbonyl (C=O) groups excluding carboxylic acids is 1. The number of benzene rings is 1. The van der Waals surface area contributed by atoms with Gasteiger partial charge in [-0.15, -0.1) is 0 Å². The summed E-state index contributed by atoms with van der Waals surface area (Å²) in [5.41, 5.74) is 10.6. The number of aromatic nitrogens is 3. The number of anilines is 3. The highest BCUT2D eigenvalue weighted by Crippen LogP contribution is 2.35. The third kappa shape index (κ3) is 4.64. The molecule has 5 N–H and O–H groups in total. The third-order valence-electron chi connectivity index (χ3n) is 5.09. The third-order valence-corrected chi connectivity index (χ3v) is 5.99. The minimum absolute atomic E-state index is 0.0169. The molecule has 0 saturated carbocycles. The van der Waals surface area contributed by atoms with E-state index in [-0.39, 0.29) is 40.2 Å². The van der Waals surface area contributed by atoms with Gasteiger partial charge in [-0.05, 0) is 18.6 Å². The molecule has 1 amide bonds. The standard InChI is InChI=1S/C20H21F4N7OS/c1-30-19(31-6-5-10(25)7-20(23,24)9-31)13(8-27-30)28-17(32)15-16(26)33-18(29-15)14-11(21)3-2-4-12(14)22/h2-4,8,10H,5-7,9,25-26H2,1H3,(H,28,32)/t10-/m0/s1/i1D3. The normalized spacial score (nSPS) is 20.0. The fourth-order valence-corrected chi connectivity index (χ4v) is 4.51. The molecule has 0 bridgehead atoms. The van der Waals surface area contributed by atoms with E-state index in [2.05, 4.69) is 15.4 Å². The van der Waals surface area contributed by atoms with E-state index in [1.807, 2.05) is 0 Å². The molecular formula is C20H21F4N7OS. The highest BCUT2D eigenvalue weighted by atomic mass is 32.1. The molecule has 33 heavy (non-hydrogen) atoms. The highest BCUT2D eigenvalue weighted by Gasteiger charge is 2.38. The second kappa shape index (κ2) is 8.63. The summed E-state index contributed by atoms with van der Waals surface area (Å²) in [4.78, 5) is 18.1. The van der Waals surface area contributed by atoms with Gasteiger partial charge in [-0.3, -0.25) is 9.48 Å². The minimum atomic E-state index is -3.22. The largest absolute Gasteiger partial charge is 0.389 e. The molecule has 0 radical (unpaired) electrons. The first-order chi connectivity index (χ1) is 16.8. The Hall–Kier alpha value is -3.19. The Morgan fingerprint density at radius 3 is 2.79 bits per heavy atom. The molecule has 176 valence electrons. The van der Waals surface area contributed by atoms with Gasteiger partial charge in [0.1, 0.15) is 27.3 Å². The van der Waals surface area contributed by atoms with Gasteiger partial charge in [-0.25, -0.2) is 22.5 Å². The van der Waals surface area contributed by atoms with Crippen LogP contribution in [-0.2, 0) is 6.98 Å². The first kappa shape index (κ1) is 19.3. The monoisotopic (exact) mass is 486 g/mol. The number of alkyl halides is 2. The first-order valence-electron chi connectivity index (χ1n) is 11.3. The zero-order valence-electron chi connectivity index (χ0n) is 20.0. The molecule has 2 aromatic heterocycles. The number of carbonyl (C=O) groups is 1. The number of nitrogens with one attached hydrogen (secondary N) is 1. The summed E-state index contributed by atoms with van der Waals surface area (Å²) in [5.74, 6) is -6.25. The number of nitrogens with two attached hydrogens (primary N) is 2. The predicted molar refractivity (Wildman–Crippen MR) is 117 cm³/mol. The Bertz CT molecular complexity index is 1280. The summed E-state index contributed by atoms with van der Waals surface area (Å²) < 4.78 is 81.0. The van der Waals surface area contributed by atoms with E-state index >= 15 is 0 Å². The zero-order chi connectivity index (χ0) is 26.4. The van der Waals surface area contributed by atoms with Crippen molar-refractivity contribution < 1.29 is 26.5 Å². The molecule has 3 heterocycles. The Morgan fingerprint density at radius 1 is 1.36 bits per heavy atom. The molecule has 1 aliphatic rings. The van der Waals surface area contributed by atoms with Crippen molar-refractivity contribution in [3.63, 3.8) is 0 Å². The molecule has 0 unspecified atom stereocenters. The maximum Gasteiger partial charge on any atom is 0.277 e. The van der Waals surface area contributed by atoms with Gasteiger partial charge >= 0.3 is 0 Å². The van der Waals surface area contributed by atoms with Crippen molar-refractivity contribution in [3.8, 4) is 10.6 Å². The first-order valence-corrected chi connectivity index (χ1v) is 10.6. The van der Waals surface area contributed by atoms with Crippen molar-refractivity contribution in [1.29, 1.82) is 0 Å². The summed E-state index contributed by atoms with van der Waals surface area (Å²) in [6.45, 7) is -3.71. The Morgan fingerprint density at radius 2 is 2.09 bits per heavy atom. The van der Waals surface area contributed by atoms with Gasteiger partial charge in [0.25, 0.3) is 11.8 Å². The van der Waals surface area contributed by atoms with Crippen LogP contribution in [0.4, 0.5) is 34.1 Å². The summed E-state index contributed by atoms with van der Waals surface area (Å²) in [5, 5.41) is 5.82. The topological polar surface area (TPSA) is 115 Å². The number of nitrogen functional groups attached to an aromatic ring is 1. The van der Waals surface area contributed by atoms with Crippen molar-refractivity contribution in [2.75, 3.05) is 29.0 Å². The van der Waals surface area contributed by atoms with Crippen LogP contribution in [0.3, 0.4) is 0 Å². The van der Waals surface area contributed by atoms with E-state index in [4.69, 9.17) is 15.6 Å². The number of amides is 1. The van der Waals surface area contributed by atoms with Crippen molar-refractivity contribution in [1.82, 2.24) is 14.8 Å². The molecular weight excluding hydrogens is 462 g/mol. The summed E-state index contributed by atoms with van der Waals surface area (Å²) in [7, 11) is 0. The quantitative estimate of drug-likeness (QED) is 0.488. The van der Waals surface area contributed by atoms with E-state index in [0.717, 1.165) is 23.2 Å². The van der Waals surface area contributed by atoms with E-state index in [0.29, 0.717) is 16.0 Å². The lowest BCUT2D eigenvalue weighted by molar-refractivity contribution is -0.000527. The number of nitrogens with zero attached hydrogens (tertiary/aromatic N) is 4. The van der Waals surface area contributed by atoms with Crippen molar-refractivity contribution in [2.24, 2.45) is 12.7 Å². The molecule has 0 aliphatic carbocycles. The number of halogens is 4. The van der Waals surface area contributed by atoms with Gasteiger partial charge in [0.2, 0.25) is 0 Å². The lowest BCUT2D eigenvalue weighted by atomic mass is 10.1. The van der Waals surface area contributed by atoms with Crippen LogP contribution in [0.2, 0.25) is 0 Å². The maximum atomic E-state index is 14.5. The van der Waals surface area contributed by atoms with Gasteiger partial charge in [-0.1, -0.05) is 17.4 Å². The van der Waals surface area contributed by atoms with Crippen LogP contribution >= 0.6 is 11.3 Å². The number of rotatable bonds is 4. The van der Waals surface area contributed by atoms with Crippen LogP contribution in [0.5, 0.6) is 0 Å². The lowest BCUT2D eigenvalue weighted by Crippen LogP contribution is -2.37. The van der Waals surface area contributed by atoms with Gasteiger partial charge < -0.3 is 21.7 Å². The number of hydrogen-bond donors (Lipinski definition) is 3. The molecule has 1 aromatic carbocycles. The smallest absolute Gasteiger partial charge is 0.277 e. The second-order valence-electron chi connectivity index (χ2n) is 7.61. The van der Waals surface area contributed by atoms with Crippen LogP contribution in [0, 0.1) is 11.6 Å². The van der Waals surface area contributed by atoms with Crippen molar-refractivity contribution in [2.45, 2.75) is 24.8 Å². The van der Waals surface area contributed by atoms with Gasteiger partial charge in [0, 0.05) is 30.1 Å². The van der Waals surface area contributed by atoms with E-state index in [1.54, 1.807) is 0 Å². The number of hydrogen-bond acceptors (Lipinski definition) is 7. The molecule has 1 aliphatic heterocycles. The average Bonchev–Trinajstić information content (AvgIpc) is 3.30. The van der Waals surface area contributed by atoms with Gasteiger partial charge in [-0.2, -0.15) is 5.10 Å². The molecule has 4 rings (SSSR count). The number of thiazole rings is 1. The maximum absolute atomic E-state index is 14.5. The molecule has 1 fully saturated rings. The molecule has 8 nitrogen and oxygen atoms in total. The second-order valence-corrected chi connectivity index (χ2v) is 8.64. The summed E-state index contributed by atoms with van der Waals surface area (Å²) in [6, 6.07) is 2.41. The molecule has 1 atom stereocenters. The molecule has 0 spiro atoms. The van der Waals surface area contributed by atoms with Crippen LogP contribution < -0.4 is 21.7 Å². The van der Waals surface area contributed by atoms with Gasteiger partial charge in [0.15, 0.2) is 11.5 Å². The van der Waals surface area contributed by atoms with Crippen molar-refractivity contribution >= 4 is 33.8 Å². The van der Waals surface area contributed by atoms with Gasteiger partial charge in [0.05, 0.1) is 18.3 Å². The molecule has 13 heteroatoms. The van der Waals surface area contributed by atoms with Crippen LogP contribution in [0.15, 0.2) is 24.4 Å². The van der Waals surface area contributed by atoms with Crippen LogP contribution in [0.1, 0.15) is 27.4 Å². The highest BCUT2D eigenvalue weighted by molar-refractivity contribution is 7.19. The lowest BCUT2D eigenvalue weighted by Gasteiger charge is -2.26. The van der Waals surface area contributed by atoms with Crippen LogP contribution in [-0.4, -0.2) is 45.7 Å². The number of aryl methyl sites for hydroxylation is 1. The Balaban J connectivity index is 1.70. The van der Waals surface area contributed by atoms with E-state index in [1.165, 1.54) is 6.07 Å². The Labute approximate surface area is 194 Å². The summed E-state index contributed by atoms with van der Waals surface area (Å²) >= 11 is 0.671. The van der Waals surface area contributed by atoms with Crippen LogP contribution in [0.25, 0.3) is 10.6 Å². The minimum Gasteiger partial charge on any atom is -0.389 e. The Kier molecular flexibility index (Phi) is 5.05. The zero-order valence-corrected chi connectivity index (χ0v) is 17.8. The average molecular weight is 487 g/mol. The predicted octanol–water partition coefficient (Wildman–Crippen LogP) is 3.22. The SMILES string of the molecule is [2H]C([2H])([2H])n1ncc(NC(=O)c2nc(-c3c(F)cccc3F)sc2N)c1N1CC[C@H](N)CC(F)(F)C1. The van der Waals surface area contributed by atoms with Crippen molar-refractivity contribution in [3.05, 3.63) is 41.7 Å². The fraction of sp³-hybridized carbons (Fsp3) is 0.350. The summed E-state index contributed by atoms with van der Waals surface area (Å²) in [6.07, 6.45) is 0.562. The fourth-order valence-electron chi connectivity index (χ4n) is 3.63. The van der Waals surface area contributed by atoms with E-state index in [9.17, 15) is 22.4 Å². The van der Waals surface area contributed by atoms with E-state index < -0.39 is 55.0 Å². The molecule has 3 aromatic rings. The molecule has 1 saturated heterocycles.